The lowest BCUT2D eigenvalue weighted by molar-refractivity contribution is 0.104. The van der Waals surface area contributed by atoms with Gasteiger partial charge < -0.3 is 24.3 Å². The second-order valence-electron chi connectivity index (χ2n) is 6.22. The maximum atomic E-state index is 12.4. The molecular weight excluding hydrogens is 382 g/mol. The van der Waals surface area contributed by atoms with Gasteiger partial charge in [0.1, 0.15) is 17.2 Å². The first-order chi connectivity index (χ1) is 14.6. The van der Waals surface area contributed by atoms with Crippen molar-refractivity contribution in [3.05, 3.63) is 84.6 Å². The summed E-state index contributed by atoms with van der Waals surface area (Å²) in [5, 5.41) is 3.07. The summed E-state index contributed by atoms with van der Waals surface area (Å²) in [6.07, 6.45) is 3.05. The summed E-state index contributed by atoms with van der Waals surface area (Å²) in [6, 6.07) is 19.8. The molecular formula is C24H23NO5. The standard InChI is InChI=1S/C24H23NO5/c1-27-20-5-4-6-21(16-20)30-19-10-8-18(9-11-19)25-14-13-22(26)17-7-12-23(28-2)24(15-17)29-3/h4-16,25H,1-3H3. The SMILES string of the molecule is COc1cccc(Oc2ccc(NC=CC(=O)c3ccc(OC)c(OC)c3)cc2)c1. The first kappa shape index (κ1) is 20.8. The molecule has 0 bridgehead atoms. The number of nitrogens with one attached hydrogen (secondary N) is 1. The molecule has 0 unspecified atom stereocenters. The van der Waals surface area contributed by atoms with Gasteiger partial charge in [0.25, 0.3) is 0 Å². The van der Waals surface area contributed by atoms with Crippen molar-refractivity contribution in [1.29, 1.82) is 0 Å². The van der Waals surface area contributed by atoms with Gasteiger partial charge in [-0.15, -0.1) is 0 Å². The maximum absolute atomic E-state index is 12.4. The van der Waals surface area contributed by atoms with E-state index < -0.39 is 0 Å². The number of anilines is 1. The van der Waals surface area contributed by atoms with E-state index in [2.05, 4.69) is 5.32 Å². The fourth-order valence-corrected chi connectivity index (χ4v) is 2.72. The minimum Gasteiger partial charge on any atom is -0.497 e. The molecule has 0 amide bonds. The van der Waals surface area contributed by atoms with Crippen LogP contribution in [0.1, 0.15) is 10.4 Å². The number of hydrogen-bond donors (Lipinski definition) is 1. The van der Waals surface area contributed by atoms with Crippen LogP contribution in [0.4, 0.5) is 5.69 Å². The van der Waals surface area contributed by atoms with Gasteiger partial charge in [-0.1, -0.05) is 6.07 Å². The Labute approximate surface area is 175 Å². The largest absolute Gasteiger partial charge is 0.497 e. The lowest BCUT2D eigenvalue weighted by Crippen LogP contribution is -1.98. The molecule has 154 valence electrons. The third-order valence-electron chi connectivity index (χ3n) is 4.28. The molecule has 0 aliphatic heterocycles. The lowest BCUT2D eigenvalue weighted by atomic mass is 10.1. The molecule has 3 aromatic carbocycles. The Morgan fingerprint density at radius 3 is 2.20 bits per heavy atom. The molecule has 0 aromatic heterocycles. The van der Waals surface area contributed by atoms with Gasteiger partial charge in [-0.2, -0.15) is 0 Å². The van der Waals surface area contributed by atoms with Crippen molar-refractivity contribution < 1.29 is 23.7 Å². The molecule has 0 aliphatic carbocycles. The molecule has 0 spiro atoms. The molecule has 0 fully saturated rings. The van der Waals surface area contributed by atoms with Crippen LogP contribution in [0.15, 0.2) is 79.0 Å². The van der Waals surface area contributed by atoms with E-state index in [1.54, 1.807) is 38.6 Å². The Hall–Kier alpha value is -3.93. The van der Waals surface area contributed by atoms with Crippen LogP contribution >= 0.6 is 0 Å². The Balaban J connectivity index is 1.59. The summed E-state index contributed by atoms with van der Waals surface area (Å²) in [6.45, 7) is 0. The first-order valence-electron chi connectivity index (χ1n) is 9.24. The number of allylic oxidation sites excluding steroid dienone is 1. The minimum atomic E-state index is -0.151. The Morgan fingerprint density at radius 1 is 0.767 bits per heavy atom. The normalized spacial score (nSPS) is 10.5. The fraction of sp³-hybridized carbons (Fsp3) is 0.125. The Bertz CT molecular complexity index is 1030. The zero-order valence-electron chi connectivity index (χ0n) is 17.0. The molecule has 0 radical (unpaired) electrons. The van der Waals surface area contributed by atoms with Crippen LogP contribution in [-0.2, 0) is 0 Å². The van der Waals surface area contributed by atoms with Crippen LogP contribution in [0.2, 0.25) is 0 Å². The van der Waals surface area contributed by atoms with Crippen molar-refractivity contribution in [2.24, 2.45) is 0 Å². The highest BCUT2D eigenvalue weighted by Gasteiger charge is 2.08. The van der Waals surface area contributed by atoms with Crippen LogP contribution < -0.4 is 24.3 Å². The number of rotatable bonds is 9. The van der Waals surface area contributed by atoms with Gasteiger partial charge in [0, 0.05) is 29.6 Å². The molecule has 3 rings (SSSR count). The Kier molecular flexibility index (Phi) is 6.95. The predicted molar refractivity (Wildman–Crippen MR) is 116 cm³/mol. The number of carbonyl (C=O) groups excluding carboxylic acids is 1. The minimum absolute atomic E-state index is 0.151. The van der Waals surface area contributed by atoms with Gasteiger partial charge in [-0.3, -0.25) is 4.79 Å². The molecule has 0 aliphatic rings. The average molecular weight is 405 g/mol. The smallest absolute Gasteiger partial charge is 0.187 e. The van der Waals surface area contributed by atoms with Gasteiger partial charge in [0.2, 0.25) is 0 Å². The summed E-state index contributed by atoms with van der Waals surface area (Å²) >= 11 is 0. The third kappa shape index (κ3) is 5.32. The number of hydrogen-bond acceptors (Lipinski definition) is 6. The summed E-state index contributed by atoms with van der Waals surface area (Å²) in [7, 11) is 4.70. The fourth-order valence-electron chi connectivity index (χ4n) is 2.72. The van der Waals surface area contributed by atoms with Gasteiger partial charge >= 0.3 is 0 Å². The molecule has 0 saturated heterocycles. The van der Waals surface area contributed by atoms with E-state index in [0.29, 0.717) is 28.6 Å². The van der Waals surface area contributed by atoms with Crippen LogP contribution in [0, 0.1) is 0 Å². The highest BCUT2D eigenvalue weighted by atomic mass is 16.5. The Morgan fingerprint density at radius 2 is 1.50 bits per heavy atom. The molecule has 0 atom stereocenters. The summed E-state index contributed by atoms with van der Waals surface area (Å²) in [5.74, 6) is 3.05. The van der Waals surface area contributed by atoms with Gasteiger partial charge in [0.15, 0.2) is 17.3 Å². The van der Waals surface area contributed by atoms with E-state index in [-0.39, 0.29) is 5.78 Å². The lowest BCUT2D eigenvalue weighted by Gasteiger charge is -2.08. The number of benzene rings is 3. The van der Waals surface area contributed by atoms with E-state index in [1.807, 2.05) is 48.5 Å². The van der Waals surface area contributed by atoms with Crippen molar-refractivity contribution in [2.75, 3.05) is 26.6 Å². The quantitative estimate of drug-likeness (QED) is 0.384. The van der Waals surface area contributed by atoms with E-state index >= 15 is 0 Å². The van der Waals surface area contributed by atoms with Crippen LogP contribution in [0.3, 0.4) is 0 Å². The molecule has 30 heavy (non-hydrogen) atoms. The first-order valence-corrected chi connectivity index (χ1v) is 9.24. The third-order valence-corrected chi connectivity index (χ3v) is 4.28. The second kappa shape index (κ2) is 10.0. The average Bonchev–Trinajstić information content (AvgIpc) is 2.79. The number of ether oxygens (including phenoxy) is 4. The summed E-state index contributed by atoms with van der Waals surface area (Å²) < 4.78 is 21.4. The van der Waals surface area contributed by atoms with E-state index in [4.69, 9.17) is 18.9 Å². The van der Waals surface area contributed by atoms with E-state index in [1.165, 1.54) is 13.2 Å². The number of ketones is 1. The molecule has 1 N–H and O–H groups in total. The summed E-state index contributed by atoms with van der Waals surface area (Å²) in [5.41, 5.74) is 1.33. The van der Waals surface area contributed by atoms with Crippen LogP contribution in [0.5, 0.6) is 28.7 Å². The number of methoxy groups -OCH3 is 3. The topological polar surface area (TPSA) is 66.0 Å². The summed E-state index contributed by atoms with van der Waals surface area (Å²) in [4.78, 5) is 12.4. The molecule has 6 heteroatoms. The maximum Gasteiger partial charge on any atom is 0.187 e. The van der Waals surface area contributed by atoms with Gasteiger partial charge in [0.05, 0.1) is 21.3 Å². The van der Waals surface area contributed by atoms with Crippen molar-refractivity contribution in [2.45, 2.75) is 0 Å². The zero-order valence-corrected chi connectivity index (χ0v) is 17.0. The molecule has 0 heterocycles. The molecule has 0 saturated carbocycles. The monoisotopic (exact) mass is 405 g/mol. The highest BCUT2D eigenvalue weighted by molar-refractivity contribution is 6.05. The van der Waals surface area contributed by atoms with Crippen molar-refractivity contribution >= 4 is 11.5 Å². The second-order valence-corrected chi connectivity index (χ2v) is 6.22. The predicted octanol–water partition coefficient (Wildman–Crippen LogP) is 5.31. The van der Waals surface area contributed by atoms with Crippen molar-refractivity contribution in [1.82, 2.24) is 0 Å². The van der Waals surface area contributed by atoms with Crippen molar-refractivity contribution in [3.8, 4) is 28.7 Å². The van der Waals surface area contributed by atoms with Crippen molar-refractivity contribution in [3.63, 3.8) is 0 Å². The molecule has 6 nitrogen and oxygen atoms in total. The highest BCUT2D eigenvalue weighted by Crippen LogP contribution is 2.28. The van der Waals surface area contributed by atoms with Gasteiger partial charge in [-0.05, 0) is 54.6 Å². The van der Waals surface area contributed by atoms with Crippen LogP contribution in [0.25, 0.3) is 0 Å². The zero-order chi connectivity index (χ0) is 21.3. The van der Waals surface area contributed by atoms with Gasteiger partial charge in [-0.25, -0.2) is 0 Å². The van der Waals surface area contributed by atoms with E-state index in [9.17, 15) is 4.79 Å². The molecule has 3 aromatic rings. The van der Waals surface area contributed by atoms with Crippen LogP contribution in [-0.4, -0.2) is 27.1 Å². The van der Waals surface area contributed by atoms with E-state index in [0.717, 1.165) is 11.4 Å². The number of carbonyl (C=O) groups is 1.